The standard InChI is InChI=1S/C22H33N3O2/c1-17-5-2-3-7-21(17)27-19-10-15-24(16-11-19)22(26)20-6-4-14-25(20)18-8-12-23-13-9-18/h2-3,5,7,18-20,23H,4,6,8-16H2,1H3/t20-/m1/s1. The van der Waals surface area contributed by atoms with Gasteiger partial charge in [-0.2, -0.15) is 0 Å². The molecule has 3 heterocycles. The van der Waals surface area contributed by atoms with Gasteiger partial charge in [-0.25, -0.2) is 0 Å². The van der Waals surface area contributed by atoms with E-state index in [-0.39, 0.29) is 12.1 Å². The van der Waals surface area contributed by atoms with Gasteiger partial charge in [-0.3, -0.25) is 9.69 Å². The highest BCUT2D eigenvalue weighted by atomic mass is 16.5. The van der Waals surface area contributed by atoms with Crippen molar-refractivity contribution in [1.29, 1.82) is 0 Å². The van der Waals surface area contributed by atoms with Crippen LogP contribution in [0.4, 0.5) is 0 Å². The third-order valence-electron chi connectivity index (χ3n) is 6.50. The molecule has 1 aromatic rings. The number of piperidine rings is 2. The van der Waals surface area contributed by atoms with E-state index in [4.69, 9.17) is 4.74 Å². The molecular weight excluding hydrogens is 338 g/mol. The minimum atomic E-state index is 0.113. The lowest BCUT2D eigenvalue weighted by molar-refractivity contribution is -0.138. The van der Waals surface area contributed by atoms with Crippen molar-refractivity contribution in [1.82, 2.24) is 15.1 Å². The Balaban J connectivity index is 1.31. The highest BCUT2D eigenvalue weighted by Crippen LogP contribution is 2.28. The van der Waals surface area contributed by atoms with Crippen molar-refractivity contribution in [3.63, 3.8) is 0 Å². The molecule has 0 unspecified atom stereocenters. The van der Waals surface area contributed by atoms with E-state index in [0.717, 1.165) is 64.2 Å². The predicted octanol–water partition coefficient (Wildman–Crippen LogP) is 2.58. The molecule has 1 N–H and O–H groups in total. The van der Waals surface area contributed by atoms with Crippen LogP contribution in [0.3, 0.4) is 0 Å². The number of aryl methyl sites for hydroxylation is 1. The highest BCUT2D eigenvalue weighted by Gasteiger charge is 2.38. The molecule has 4 rings (SSSR count). The molecule has 3 aliphatic heterocycles. The van der Waals surface area contributed by atoms with Gasteiger partial charge < -0.3 is 15.0 Å². The minimum absolute atomic E-state index is 0.113. The Hall–Kier alpha value is -1.59. The fourth-order valence-corrected chi connectivity index (χ4v) is 4.90. The first-order chi connectivity index (χ1) is 13.2. The van der Waals surface area contributed by atoms with Crippen molar-refractivity contribution in [2.75, 3.05) is 32.7 Å². The van der Waals surface area contributed by atoms with Crippen LogP contribution in [0.5, 0.6) is 5.75 Å². The van der Waals surface area contributed by atoms with Crippen LogP contribution in [0.1, 0.15) is 44.1 Å². The molecule has 148 valence electrons. The van der Waals surface area contributed by atoms with E-state index in [9.17, 15) is 4.79 Å². The van der Waals surface area contributed by atoms with E-state index in [1.165, 1.54) is 18.4 Å². The van der Waals surface area contributed by atoms with Crippen molar-refractivity contribution in [3.05, 3.63) is 29.8 Å². The summed E-state index contributed by atoms with van der Waals surface area (Å²) in [6, 6.07) is 8.90. The molecule has 0 aromatic heterocycles. The summed E-state index contributed by atoms with van der Waals surface area (Å²) < 4.78 is 6.20. The lowest BCUT2D eigenvalue weighted by Gasteiger charge is -2.39. The maximum atomic E-state index is 13.2. The van der Waals surface area contributed by atoms with E-state index in [1.54, 1.807) is 0 Å². The lowest BCUT2D eigenvalue weighted by atomic mass is 10.0. The van der Waals surface area contributed by atoms with E-state index < -0.39 is 0 Å². The zero-order valence-electron chi connectivity index (χ0n) is 16.5. The topological polar surface area (TPSA) is 44.8 Å². The van der Waals surface area contributed by atoms with Crippen molar-refractivity contribution in [3.8, 4) is 5.75 Å². The van der Waals surface area contributed by atoms with Gasteiger partial charge in [-0.1, -0.05) is 18.2 Å². The van der Waals surface area contributed by atoms with Crippen LogP contribution >= 0.6 is 0 Å². The van der Waals surface area contributed by atoms with E-state index in [1.807, 2.05) is 18.2 Å². The van der Waals surface area contributed by atoms with Gasteiger partial charge >= 0.3 is 0 Å². The number of nitrogens with zero attached hydrogens (tertiary/aromatic N) is 2. The Morgan fingerprint density at radius 2 is 1.78 bits per heavy atom. The molecule has 1 atom stereocenters. The first kappa shape index (κ1) is 18.8. The highest BCUT2D eigenvalue weighted by molar-refractivity contribution is 5.82. The summed E-state index contributed by atoms with van der Waals surface area (Å²) in [5, 5.41) is 3.44. The summed E-state index contributed by atoms with van der Waals surface area (Å²) in [7, 11) is 0. The number of hydrogen-bond acceptors (Lipinski definition) is 4. The second-order valence-electron chi connectivity index (χ2n) is 8.29. The summed E-state index contributed by atoms with van der Waals surface area (Å²) in [5.74, 6) is 1.34. The number of para-hydroxylation sites is 1. The molecule has 5 heteroatoms. The lowest BCUT2D eigenvalue weighted by Crippen LogP contribution is -2.53. The van der Waals surface area contributed by atoms with Crippen molar-refractivity contribution < 1.29 is 9.53 Å². The number of nitrogens with one attached hydrogen (secondary N) is 1. The third kappa shape index (κ3) is 4.30. The van der Waals surface area contributed by atoms with Crippen LogP contribution in [0.15, 0.2) is 24.3 Å². The summed E-state index contributed by atoms with van der Waals surface area (Å²) in [5.41, 5.74) is 1.18. The van der Waals surface area contributed by atoms with E-state index in [2.05, 4.69) is 28.1 Å². The minimum Gasteiger partial charge on any atom is -0.490 e. The number of carbonyl (C=O) groups excluding carboxylic acids is 1. The monoisotopic (exact) mass is 371 g/mol. The molecular formula is C22H33N3O2. The molecule has 3 fully saturated rings. The summed E-state index contributed by atoms with van der Waals surface area (Å²) >= 11 is 0. The van der Waals surface area contributed by atoms with Crippen LogP contribution in [-0.2, 0) is 4.79 Å². The number of ether oxygens (including phenoxy) is 1. The molecule has 3 saturated heterocycles. The smallest absolute Gasteiger partial charge is 0.239 e. The maximum Gasteiger partial charge on any atom is 0.239 e. The van der Waals surface area contributed by atoms with Gasteiger partial charge in [0.2, 0.25) is 5.91 Å². The van der Waals surface area contributed by atoms with Crippen molar-refractivity contribution in [2.24, 2.45) is 0 Å². The molecule has 3 aliphatic rings. The maximum absolute atomic E-state index is 13.2. The van der Waals surface area contributed by atoms with Crippen LogP contribution in [0.25, 0.3) is 0 Å². The number of amides is 1. The Bertz CT molecular complexity index is 636. The van der Waals surface area contributed by atoms with Crippen LogP contribution in [0, 0.1) is 6.92 Å². The average Bonchev–Trinajstić information content (AvgIpc) is 3.20. The van der Waals surface area contributed by atoms with E-state index >= 15 is 0 Å². The zero-order chi connectivity index (χ0) is 18.6. The third-order valence-corrected chi connectivity index (χ3v) is 6.50. The number of likely N-dealkylation sites (tertiary alicyclic amines) is 2. The molecule has 5 nitrogen and oxygen atoms in total. The Kier molecular flexibility index (Phi) is 5.98. The van der Waals surface area contributed by atoms with Crippen LogP contribution in [-0.4, -0.2) is 66.6 Å². The Morgan fingerprint density at radius 1 is 1.04 bits per heavy atom. The number of carbonyl (C=O) groups is 1. The molecule has 0 saturated carbocycles. The predicted molar refractivity (Wildman–Crippen MR) is 107 cm³/mol. The van der Waals surface area contributed by atoms with Gasteiger partial charge in [0.15, 0.2) is 0 Å². The Morgan fingerprint density at radius 3 is 2.52 bits per heavy atom. The molecule has 27 heavy (non-hydrogen) atoms. The van der Waals surface area contributed by atoms with Gasteiger partial charge in [0.25, 0.3) is 0 Å². The SMILES string of the molecule is Cc1ccccc1OC1CCN(C(=O)[C@H]2CCCN2C2CCNCC2)CC1. The van der Waals surface area contributed by atoms with Crippen LogP contribution < -0.4 is 10.1 Å². The fraction of sp³-hybridized carbons (Fsp3) is 0.682. The zero-order valence-corrected chi connectivity index (χ0v) is 16.5. The fourth-order valence-electron chi connectivity index (χ4n) is 4.90. The molecule has 1 aromatic carbocycles. The van der Waals surface area contributed by atoms with Gasteiger partial charge in [-0.15, -0.1) is 0 Å². The van der Waals surface area contributed by atoms with Crippen LogP contribution in [0.2, 0.25) is 0 Å². The number of hydrogen-bond donors (Lipinski definition) is 1. The number of benzene rings is 1. The molecule has 0 spiro atoms. The summed E-state index contributed by atoms with van der Waals surface area (Å²) in [4.78, 5) is 17.8. The van der Waals surface area contributed by atoms with Gasteiger partial charge in [-0.05, 0) is 63.9 Å². The van der Waals surface area contributed by atoms with Gasteiger partial charge in [0.05, 0.1) is 6.04 Å². The molecule has 0 radical (unpaired) electrons. The second kappa shape index (κ2) is 8.61. The van der Waals surface area contributed by atoms with Gasteiger partial charge in [0.1, 0.15) is 11.9 Å². The second-order valence-corrected chi connectivity index (χ2v) is 8.29. The molecule has 0 bridgehead atoms. The quantitative estimate of drug-likeness (QED) is 0.884. The molecule has 1 amide bonds. The average molecular weight is 372 g/mol. The Labute approximate surface area is 163 Å². The summed E-state index contributed by atoms with van der Waals surface area (Å²) in [6.07, 6.45) is 6.63. The largest absolute Gasteiger partial charge is 0.490 e. The number of rotatable bonds is 4. The van der Waals surface area contributed by atoms with Crippen molar-refractivity contribution >= 4 is 5.91 Å². The van der Waals surface area contributed by atoms with Crippen molar-refractivity contribution in [2.45, 2.75) is 63.6 Å². The summed E-state index contributed by atoms with van der Waals surface area (Å²) in [6.45, 7) is 7.00. The normalized spacial score (nSPS) is 25.7. The van der Waals surface area contributed by atoms with E-state index in [0.29, 0.717) is 11.9 Å². The molecule has 0 aliphatic carbocycles. The van der Waals surface area contributed by atoms with Gasteiger partial charge in [0, 0.05) is 32.0 Å². The first-order valence-corrected chi connectivity index (χ1v) is 10.7. The first-order valence-electron chi connectivity index (χ1n) is 10.7.